The van der Waals surface area contributed by atoms with Crippen molar-refractivity contribution in [1.82, 2.24) is 15.7 Å². The van der Waals surface area contributed by atoms with E-state index in [2.05, 4.69) is 24.5 Å². The Morgan fingerprint density at radius 3 is 2.34 bits per heavy atom. The van der Waals surface area contributed by atoms with Gasteiger partial charge in [-0.15, -0.1) is 0 Å². The molecule has 4 N–H and O–H groups in total. The average Bonchev–Trinajstić information content (AvgIpc) is 3.71. The molecule has 1 saturated carbocycles. The van der Waals surface area contributed by atoms with Crippen molar-refractivity contribution in [1.29, 1.82) is 0 Å². The number of aromatic hydroxyl groups is 1. The van der Waals surface area contributed by atoms with Gasteiger partial charge in [-0.05, 0) is 42.0 Å². The number of aliphatic hydroxyl groups is 1. The summed E-state index contributed by atoms with van der Waals surface area (Å²) < 4.78 is 20.0. The van der Waals surface area contributed by atoms with Gasteiger partial charge in [0.05, 0.1) is 13.2 Å². The van der Waals surface area contributed by atoms with Crippen LogP contribution in [-0.4, -0.2) is 89.0 Å². The van der Waals surface area contributed by atoms with E-state index in [0.29, 0.717) is 19.3 Å². The Morgan fingerprint density at radius 1 is 0.925 bits per heavy atom. The Bertz CT molecular complexity index is 1610. The predicted octanol–water partition coefficient (Wildman–Crippen LogP) is 4.70. The number of carbonyl (C=O) groups excluding carboxylic acids is 3. The average molecular weight is 734 g/mol. The molecule has 2 aromatic carbocycles. The van der Waals surface area contributed by atoms with Gasteiger partial charge in [-0.3, -0.25) is 19.2 Å². The van der Waals surface area contributed by atoms with Crippen LogP contribution in [0.3, 0.4) is 0 Å². The van der Waals surface area contributed by atoms with Crippen molar-refractivity contribution in [3.05, 3.63) is 71.3 Å². The third-order valence-corrected chi connectivity index (χ3v) is 11.1. The largest absolute Gasteiger partial charge is 0.508 e. The number of benzene rings is 2. The van der Waals surface area contributed by atoms with Crippen LogP contribution >= 0.6 is 0 Å². The van der Waals surface area contributed by atoms with Crippen molar-refractivity contribution in [3.8, 4) is 5.75 Å². The molecular weight excluding hydrogens is 678 g/mol. The SMILES string of the molecule is CCCCCC1(CCCCC)O[C@@H]2[C@H](O1)[C@H]1ON(Cc3ccccc3C=CCc3ccccc3O)[C@@H]3C(=O)O[C@@H]2C[C@]13C(=O)NCCC(=O)NCCO. The zero-order chi connectivity index (χ0) is 37.4. The smallest absolute Gasteiger partial charge is 0.327 e. The predicted molar refractivity (Wildman–Crippen MR) is 197 cm³/mol. The van der Waals surface area contributed by atoms with Crippen molar-refractivity contribution < 1.29 is 43.6 Å². The molecule has 3 saturated heterocycles. The normalized spacial score (nSPS) is 27.1. The molecule has 6 rings (SSSR count). The lowest BCUT2D eigenvalue weighted by molar-refractivity contribution is -0.224. The quantitative estimate of drug-likeness (QED) is 0.118. The maximum atomic E-state index is 14.5. The number of ether oxygens (including phenoxy) is 3. The fourth-order valence-electron chi connectivity index (χ4n) is 8.44. The molecule has 2 aromatic rings. The maximum absolute atomic E-state index is 14.5. The number of nitrogens with one attached hydrogen (secondary N) is 2. The number of hydroxylamine groups is 2. The summed E-state index contributed by atoms with van der Waals surface area (Å²) in [6.07, 6.45) is 9.29. The Hall–Kier alpha value is -3.81. The highest BCUT2D eigenvalue weighted by Crippen LogP contribution is 2.58. The number of esters is 1. The van der Waals surface area contributed by atoms with Gasteiger partial charge in [-0.25, -0.2) is 0 Å². The van der Waals surface area contributed by atoms with Crippen LogP contribution in [0.15, 0.2) is 54.6 Å². The van der Waals surface area contributed by atoms with Crippen molar-refractivity contribution in [2.45, 2.75) is 127 Å². The minimum Gasteiger partial charge on any atom is -0.508 e. The van der Waals surface area contributed by atoms with E-state index in [1.54, 1.807) is 17.2 Å². The molecular formula is C41H55N3O9. The van der Waals surface area contributed by atoms with Gasteiger partial charge in [0.15, 0.2) is 11.8 Å². The van der Waals surface area contributed by atoms with Crippen molar-refractivity contribution >= 4 is 23.9 Å². The number of carbonyl (C=O) groups is 3. The Kier molecular flexibility index (Phi) is 12.9. The van der Waals surface area contributed by atoms with E-state index in [1.165, 1.54) is 0 Å². The van der Waals surface area contributed by atoms with Gasteiger partial charge in [0.1, 0.15) is 35.6 Å². The Balaban J connectivity index is 1.30. The number of phenols is 1. The minimum absolute atomic E-state index is 0.0136. The first kappa shape index (κ1) is 38.9. The summed E-state index contributed by atoms with van der Waals surface area (Å²) >= 11 is 0. The third-order valence-electron chi connectivity index (χ3n) is 11.1. The lowest BCUT2D eigenvalue weighted by Crippen LogP contribution is -2.69. The summed E-state index contributed by atoms with van der Waals surface area (Å²) in [5.41, 5.74) is 1.23. The molecule has 12 heteroatoms. The fraction of sp³-hybridized carbons (Fsp3) is 0.585. The van der Waals surface area contributed by atoms with Crippen LogP contribution in [-0.2, 0) is 46.4 Å². The molecule has 6 atom stereocenters. The van der Waals surface area contributed by atoms with Crippen LogP contribution in [0, 0.1) is 5.41 Å². The number of hydrogen-bond acceptors (Lipinski definition) is 10. The van der Waals surface area contributed by atoms with Crippen LogP contribution < -0.4 is 10.6 Å². The maximum Gasteiger partial charge on any atom is 0.327 e. The number of amides is 2. The summed E-state index contributed by atoms with van der Waals surface area (Å²) in [5.74, 6) is -1.88. The van der Waals surface area contributed by atoms with Gasteiger partial charge in [-0.1, -0.05) is 94.1 Å². The van der Waals surface area contributed by atoms with Crippen molar-refractivity contribution in [3.63, 3.8) is 0 Å². The number of nitrogens with zero attached hydrogens (tertiary/aromatic N) is 1. The highest BCUT2D eigenvalue weighted by Gasteiger charge is 2.76. The second-order valence-electron chi connectivity index (χ2n) is 14.7. The number of unbranched alkanes of at least 4 members (excludes halogenated alkanes) is 4. The standard InChI is InChI=1S/C41H55N3O9/c1-3-5-11-21-40(22-12-6-4-2)51-34-32-26-41(39(49)43-23-20-33(47)42-24-25-45)36(38(48)50-32)44(53-37(41)35(34)52-40)27-30-16-8-7-14-28(30)17-13-18-29-15-9-10-19-31(29)46/h7-10,13-17,19,32,34-37,45-46H,3-6,11-12,18,20-27H2,1-2H3,(H,42,47)(H,43,49)/t32-,34+,35+,36-,37-,41-/m1/s1. The van der Waals surface area contributed by atoms with Gasteiger partial charge >= 0.3 is 5.97 Å². The van der Waals surface area contributed by atoms with E-state index < -0.39 is 47.6 Å². The number of allylic oxidation sites excluding steroid dienone is 1. The molecule has 288 valence electrons. The zero-order valence-electron chi connectivity index (χ0n) is 31.0. The van der Waals surface area contributed by atoms with E-state index in [0.717, 1.165) is 55.2 Å². The van der Waals surface area contributed by atoms with Crippen LogP contribution in [0.4, 0.5) is 0 Å². The monoisotopic (exact) mass is 733 g/mol. The number of fused-ring (bicyclic) bond motifs is 4. The third kappa shape index (κ3) is 8.32. The van der Waals surface area contributed by atoms with E-state index in [4.69, 9.17) is 24.2 Å². The van der Waals surface area contributed by atoms with E-state index in [-0.39, 0.29) is 56.6 Å². The molecule has 0 spiro atoms. The molecule has 3 aliphatic heterocycles. The summed E-state index contributed by atoms with van der Waals surface area (Å²) in [6, 6.07) is 13.9. The van der Waals surface area contributed by atoms with Gasteiger partial charge < -0.3 is 35.1 Å². The van der Waals surface area contributed by atoms with Crippen LogP contribution in [0.25, 0.3) is 6.08 Å². The molecule has 3 heterocycles. The molecule has 1 aliphatic carbocycles. The topological polar surface area (TPSA) is 156 Å². The van der Waals surface area contributed by atoms with Crippen LogP contribution in [0.2, 0.25) is 0 Å². The minimum atomic E-state index is -1.36. The number of para-hydroxylation sites is 1. The van der Waals surface area contributed by atoms with E-state index >= 15 is 0 Å². The number of phenolic OH excluding ortho intramolecular Hbond substituents is 1. The van der Waals surface area contributed by atoms with Gasteiger partial charge in [0, 0.05) is 38.8 Å². The molecule has 0 unspecified atom stereocenters. The van der Waals surface area contributed by atoms with Crippen molar-refractivity contribution in [2.24, 2.45) is 5.41 Å². The summed E-state index contributed by atoms with van der Waals surface area (Å²) in [5, 5.41) is 26.5. The Morgan fingerprint density at radius 2 is 1.62 bits per heavy atom. The fourth-order valence-corrected chi connectivity index (χ4v) is 8.44. The van der Waals surface area contributed by atoms with Crippen LogP contribution in [0.1, 0.15) is 94.7 Å². The zero-order valence-corrected chi connectivity index (χ0v) is 31.0. The Labute approximate surface area is 312 Å². The molecule has 12 nitrogen and oxygen atoms in total. The lowest BCUT2D eigenvalue weighted by atomic mass is 9.62. The van der Waals surface area contributed by atoms with Crippen molar-refractivity contribution in [2.75, 3.05) is 19.7 Å². The molecule has 4 fully saturated rings. The number of aliphatic hydroxyl groups excluding tert-OH is 1. The first-order valence-electron chi connectivity index (χ1n) is 19.4. The van der Waals surface area contributed by atoms with E-state index in [9.17, 15) is 19.5 Å². The lowest BCUT2D eigenvalue weighted by Gasteiger charge is -2.48. The second kappa shape index (κ2) is 17.6. The highest BCUT2D eigenvalue weighted by atomic mass is 16.8. The van der Waals surface area contributed by atoms with Crippen LogP contribution in [0.5, 0.6) is 5.75 Å². The first-order valence-corrected chi connectivity index (χ1v) is 19.4. The number of rotatable bonds is 19. The molecule has 4 aliphatic rings. The molecule has 53 heavy (non-hydrogen) atoms. The van der Waals surface area contributed by atoms with Gasteiger partial charge in [0.25, 0.3) is 0 Å². The molecule has 2 bridgehead atoms. The van der Waals surface area contributed by atoms with Gasteiger partial charge in [0.2, 0.25) is 11.8 Å². The number of hydrogen-bond donors (Lipinski definition) is 4. The molecule has 0 aromatic heterocycles. The van der Waals surface area contributed by atoms with E-state index in [1.807, 2.05) is 48.6 Å². The first-order chi connectivity index (χ1) is 25.7. The molecule has 2 amide bonds. The molecule has 0 radical (unpaired) electrons. The van der Waals surface area contributed by atoms with Gasteiger partial charge in [-0.2, -0.15) is 5.06 Å². The highest BCUT2D eigenvalue weighted by molar-refractivity contribution is 5.94. The summed E-state index contributed by atoms with van der Waals surface area (Å²) in [6.45, 7) is 4.49. The second-order valence-corrected chi connectivity index (χ2v) is 14.7. The summed E-state index contributed by atoms with van der Waals surface area (Å²) in [4.78, 5) is 47.8. The summed E-state index contributed by atoms with van der Waals surface area (Å²) in [7, 11) is 0.